The van der Waals surface area contributed by atoms with Crippen LogP contribution in [-0.2, 0) is 5.41 Å². The number of benzene rings is 1. The first-order valence-corrected chi connectivity index (χ1v) is 6.63. The molecule has 18 heavy (non-hydrogen) atoms. The minimum atomic E-state index is -0.327. The number of rotatable bonds is 4. The van der Waals surface area contributed by atoms with Crippen LogP contribution in [0.25, 0.3) is 0 Å². The Morgan fingerprint density at radius 1 is 1.39 bits per heavy atom. The van der Waals surface area contributed by atoms with Gasteiger partial charge in [0, 0.05) is 23.1 Å². The maximum Gasteiger partial charge on any atom is 0.167 e. The second-order valence-corrected chi connectivity index (χ2v) is 5.58. The standard InChI is InChI=1S/C13H17BrFNO2/c1-7(16)13(4-5-13)10-11(15)8(14)6-9(17-2)12(10)18-3/h6-7H,4-5,16H2,1-3H3. The molecule has 0 bridgehead atoms. The summed E-state index contributed by atoms with van der Waals surface area (Å²) in [7, 11) is 3.06. The van der Waals surface area contributed by atoms with E-state index in [0.717, 1.165) is 12.8 Å². The van der Waals surface area contributed by atoms with Gasteiger partial charge in [0.1, 0.15) is 5.82 Å². The molecule has 1 aliphatic carbocycles. The molecule has 0 saturated heterocycles. The lowest BCUT2D eigenvalue weighted by Crippen LogP contribution is -2.33. The molecule has 0 radical (unpaired) electrons. The van der Waals surface area contributed by atoms with E-state index < -0.39 is 0 Å². The quantitative estimate of drug-likeness (QED) is 0.928. The third-order valence-corrected chi connectivity index (χ3v) is 4.30. The van der Waals surface area contributed by atoms with Gasteiger partial charge in [-0.3, -0.25) is 0 Å². The van der Waals surface area contributed by atoms with Gasteiger partial charge in [-0.25, -0.2) is 4.39 Å². The summed E-state index contributed by atoms with van der Waals surface area (Å²) in [5.74, 6) is 0.670. The molecule has 1 aliphatic rings. The molecule has 5 heteroatoms. The van der Waals surface area contributed by atoms with Crippen molar-refractivity contribution < 1.29 is 13.9 Å². The van der Waals surface area contributed by atoms with Gasteiger partial charge in [0.2, 0.25) is 0 Å². The Labute approximate surface area is 115 Å². The van der Waals surface area contributed by atoms with Crippen molar-refractivity contribution in [2.75, 3.05) is 14.2 Å². The second-order valence-electron chi connectivity index (χ2n) is 4.73. The number of hydrogen-bond acceptors (Lipinski definition) is 3. The molecule has 2 rings (SSSR count). The van der Waals surface area contributed by atoms with E-state index in [1.54, 1.807) is 6.07 Å². The molecule has 1 fully saturated rings. The molecule has 1 aromatic carbocycles. The summed E-state index contributed by atoms with van der Waals surface area (Å²) >= 11 is 3.22. The molecule has 0 aliphatic heterocycles. The highest BCUT2D eigenvalue weighted by molar-refractivity contribution is 9.10. The lowest BCUT2D eigenvalue weighted by atomic mass is 9.88. The van der Waals surface area contributed by atoms with Gasteiger partial charge < -0.3 is 15.2 Å². The van der Waals surface area contributed by atoms with Crippen LogP contribution in [0, 0.1) is 5.82 Å². The molecule has 100 valence electrons. The van der Waals surface area contributed by atoms with Crippen LogP contribution in [0.4, 0.5) is 4.39 Å². The number of halogens is 2. The predicted molar refractivity (Wildman–Crippen MR) is 71.8 cm³/mol. The number of methoxy groups -OCH3 is 2. The summed E-state index contributed by atoms with van der Waals surface area (Å²) in [5.41, 5.74) is 6.23. The first-order chi connectivity index (χ1) is 8.47. The first kappa shape index (κ1) is 13.6. The van der Waals surface area contributed by atoms with E-state index in [4.69, 9.17) is 15.2 Å². The van der Waals surface area contributed by atoms with Crippen LogP contribution in [0.2, 0.25) is 0 Å². The predicted octanol–water partition coefficient (Wildman–Crippen LogP) is 2.98. The monoisotopic (exact) mass is 317 g/mol. The maximum absolute atomic E-state index is 14.4. The fraction of sp³-hybridized carbons (Fsp3) is 0.538. The van der Waals surface area contributed by atoms with Gasteiger partial charge in [-0.05, 0) is 35.7 Å². The van der Waals surface area contributed by atoms with Crippen molar-refractivity contribution in [3.63, 3.8) is 0 Å². The minimum absolute atomic E-state index is 0.125. The SMILES string of the molecule is COc1cc(Br)c(F)c(C2(C(C)N)CC2)c1OC. The molecular formula is C13H17BrFNO2. The van der Waals surface area contributed by atoms with Crippen molar-refractivity contribution in [2.24, 2.45) is 5.73 Å². The van der Waals surface area contributed by atoms with Gasteiger partial charge in [-0.2, -0.15) is 0 Å². The number of nitrogens with two attached hydrogens (primary N) is 1. The zero-order chi connectivity index (χ0) is 13.5. The molecule has 1 atom stereocenters. The average molecular weight is 318 g/mol. The molecule has 1 saturated carbocycles. The van der Waals surface area contributed by atoms with Gasteiger partial charge in [-0.1, -0.05) is 0 Å². The summed E-state index contributed by atoms with van der Waals surface area (Å²) in [4.78, 5) is 0. The third kappa shape index (κ3) is 1.89. The van der Waals surface area contributed by atoms with Crippen LogP contribution in [-0.4, -0.2) is 20.3 Å². The molecule has 0 heterocycles. The van der Waals surface area contributed by atoms with Gasteiger partial charge in [0.05, 0.1) is 18.7 Å². The molecular weight excluding hydrogens is 301 g/mol. The van der Waals surface area contributed by atoms with E-state index in [9.17, 15) is 4.39 Å². The average Bonchev–Trinajstić information content (AvgIpc) is 3.12. The zero-order valence-corrected chi connectivity index (χ0v) is 12.3. The highest BCUT2D eigenvalue weighted by atomic mass is 79.9. The summed E-state index contributed by atoms with van der Waals surface area (Å²) in [6, 6.07) is 1.45. The fourth-order valence-electron chi connectivity index (χ4n) is 2.45. The van der Waals surface area contributed by atoms with Crippen LogP contribution in [0.3, 0.4) is 0 Å². The summed E-state index contributed by atoms with van der Waals surface area (Å²) in [6.07, 6.45) is 1.75. The van der Waals surface area contributed by atoms with Crippen molar-refractivity contribution in [3.05, 3.63) is 21.9 Å². The maximum atomic E-state index is 14.4. The highest BCUT2D eigenvalue weighted by Gasteiger charge is 2.51. The largest absolute Gasteiger partial charge is 0.493 e. The van der Waals surface area contributed by atoms with Crippen LogP contribution in [0.5, 0.6) is 11.5 Å². The highest BCUT2D eigenvalue weighted by Crippen LogP contribution is 2.56. The van der Waals surface area contributed by atoms with E-state index in [1.165, 1.54) is 14.2 Å². The van der Waals surface area contributed by atoms with Crippen molar-refractivity contribution >= 4 is 15.9 Å². The van der Waals surface area contributed by atoms with E-state index in [-0.39, 0.29) is 17.3 Å². The third-order valence-electron chi connectivity index (χ3n) is 3.72. The topological polar surface area (TPSA) is 44.5 Å². The molecule has 2 N–H and O–H groups in total. The number of ether oxygens (including phenoxy) is 2. The molecule has 0 aromatic heterocycles. The van der Waals surface area contributed by atoms with Gasteiger partial charge in [0.15, 0.2) is 11.5 Å². The van der Waals surface area contributed by atoms with Crippen molar-refractivity contribution in [2.45, 2.75) is 31.2 Å². The smallest absolute Gasteiger partial charge is 0.167 e. The van der Waals surface area contributed by atoms with Crippen LogP contribution in [0.1, 0.15) is 25.3 Å². The lowest BCUT2D eigenvalue weighted by molar-refractivity contribution is 0.340. The summed E-state index contributed by atoms with van der Waals surface area (Å²) < 4.78 is 25.4. The van der Waals surface area contributed by atoms with Crippen molar-refractivity contribution in [3.8, 4) is 11.5 Å². The molecule has 3 nitrogen and oxygen atoms in total. The van der Waals surface area contributed by atoms with E-state index in [0.29, 0.717) is 21.5 Å². The van der Waals surface area contributed by atoms with Crippen LogP contribution in [0.15, 0.2) is 10.5 Å². The fourth-order valence-corrected chi connectivity index (χ4v) is 2.86. The van der Waals surface area contributed by atoms with Crippen molar-refractivity contribution in [1.82, 2.24) is 0 Å². The minimum Gasteiger partial charge on any atom is -0.493 e. The zero-order valence-electron chi connectivity index (χ0n) is 10.7. The Morgan fingerprint density at radius 3 is 2.39 bits per heavy atom. The summed E-state index contributed by atoms with van der Waals surface area (Å²) in [5, 5.41) is 0. The molecule has 0 spiro atoms. The lowest BCUT2D eigenvalue weighted by Gasteiger charge is -2.25. The van der Waals surface area contributed by atoms with E-state index in [1.807, 2.05) is 6.92 Å². The first-order valence-electron chi connectivity index (χ1n) is 5.84. The Kier molecular flexibility index (Phi) is 3.56. The van der Waals surface area contributed by atoms with Gasteiger partial charge in [0.25, 0.3) is 0 Å². The van der Waals surface area contributed by atoms with E-state index in [2.05, 4.69) is 15.9 Å². The van der Waals surface area contributed by atoms with Crippen LogP contribution < -0.4 is 15.2 Å². The van der Waals surface area contributed by atoms with E-state index >= 15 is 0 Å². The van der Waals surface area contributed by atoms with Gasteiger partial charge >= 0.3 is 0 Å². The second kappa shape index (κ2) is 4.70. The Hall–Kier alpha value is -0.810. The Morgan fingerprint density at radius 2 is 2.00 bits per heavy atom. The summed E-state index contributed by atoms with van der Waals surface area (Å²) in [6.45, 7) is 1.90. The molecule has 1 aromatic rings. The van der Waals surface area contributed by atoms with Gasteiger partial charge in [-0.15, -0.1) is 0 Å². The Bertz CT molecular complexity index is 473. The number of hydrogen-bond donors (Lipinski definition) is 1. The molecule has 1 unspecified atom stereocenters. The normalized spacial score (nSPS) is 18.3. The van der Waals surface area contributed by atoms with Crippen molar-refractivity contribution in [1.29, 1.82) is 0 Å². The van der Waals surface area contributed by atoms with Crippen LogP contribution >= 0.6 is 15.9 Å². The Balaban J connectivity index is 2.68. The molecule has 0 amide bonds.